The van der Waals surface area contributed by atoms with E-state index in [2.05, 4.69) is 49.0 Å². The molecule has 1 aliphatic heterocycles. The van der Waals surface area contributed by atoms with E-state index in [9.17, 15) is 14.7 Å². The Bertz CT molecular complexity index is 962. The van der Waals surface area contributed by atoms with Crippen molar-refractivity contribution < 1.29 is 14.7 Å². The molecule has 1 fully saturated rings. The number of aromatic nitrogens is 2. The van der Waals surface area contributed by atoms with Gasteiger partial charge in [-0.05, 0) is 30.4 Å². The van der Waals surface area contributed by atoms with Gasteiger partial charge in [-0.2, -0.15) is 0 Å². The molecule has 2 aliphatic rings. The number of hydrogen-bond acceptors (Lipinski definition) is 7. The van der Waals surface area contributed by atoms with Crippen LogP contribution in [0, 0.1) is 0 Å². The Labute approximate surface area is 187 Å². The van der Waals surface area contributed by atoms with Crippen LogP contribution in [0.3, 0.4) is 0 Å². The molecule has 32 heavy (non-hydrogen) atoms. The second kappa shape index (κ2) is 10.1. The van der Waals surface area contributed by atoms with E-state index < -0.39 is 6.10 Å². The summed E-state index contributed by atoms with van der Waals surface area (Å²) in [4.78, 5) is 34.0. The molecule has 2 aromatic rings. The van der Waals surface area contributed by atoms with Gasteiger partial charge in [0.25, 0.3) is 5.91 Å². The van der Waals surface area contributed by atoms with Crippen molar-refractivity contribution in [2.75, 3.05) is 25.0 Å². The lowest BCUT2D eigenvalue weighted by molar-refractivity contribution is -0.120. The number of anilines is 1. The Morgan fingerprint density at radius 3 is 2.75 bits per heavy atom. The van der Waals surface area contributed by atoms with E-state index in [1.165, 1.54) is 24.4 Å². The molecule has 1 saturated carbocycles. The van der Waals surface area contributed by atoms with Gasteiger partial charge in [-0.1, -0.05) is 24.3 Å². The van der Waals surface area contributed by atoms with Crippen LogP contribution >= 0.6 is 0 Å². The Morgan fingerprint density at radius 1 is 1.19 bits per heavy atom. The highest BCUT2D eigenvalue weighted by Crippen LogP contribution is 2.23. The first-order chi connectivity index (χ1) is 15.5. The average Bonchev–Trinajstić information content (AvgIpc) is 2.76. The van der Waals surface area contributed by atoms with Crippen molar-refractivity contribution >= 4 is 17.6 Å². The molecule has 1 aromatic heterocycles. The van der Waals surface area contributed by atoms with Crippen LogP contribution in [-0.2, 0) is 17.8 Å². The van der Waals surface area contributed by atoms with Crippen LogP contribution in [0.5, 0.6) is 0 Å². The molecule has 4 rings (SSSR count). The number of aliphatic hydroxyl groups excluding tert-OH is 1. The normalized spacial score (nSPS) is 21.1. The number of carbonyl (C=O) groups is 2. The lowest BCUT2D eigenvalue weighted by atomic mass is 9.86. The Kier molecular flexibility index (Phi) is 6.96. The van der Waals surface area contributed by atoms with Crippen molar-refractivity contribution in [3.8, 4) is 0 Å². The van der Waals surface area contributed by atoms with E-state index in [-0.39, 0.29) is 36.1 Å². The van der Waals surface area contributed by atoms with Crippen LogP contribution in [0.25, 0.3) is 0 Å². The molecular weight excluding hydrogens is 408 g/mol. The SMILES string of the molecule is CC(=O)NC1CC(Nc2cc(C(=O)NCC(O)CN3CCc4ccccc4C3)ncn2)C1. The Balaban J connectivity index is 1.21. The number of aliphatic hydroxyl groups is 1. The first-order valence-corrected chi connectivity index (χ1v) is 11.1. The minimum atomic E-state index is -0.663. The summed E-state index contributed by atoms with van der Waals surface area (Å²) >= 11 is 0. The molecule has 0 bridgehead atoms. The Morgan fingerprint density at radius 2 is 1.97 bits per heavy atom. The number of rotatable bonds is 8. The topological polar surface area (TPSA) is 119 Å². The second-order valence-corrected chi connectivity index (χ2v) is 8.62. The molecule has 0 saturated heterocycles. The lowest BCUT2D eigenvalue weighted by Gasteiger charge is -2.36. The third-order valence-corrected chi connectivity index (χ3v) is 5.97. The predicted octanol–water partition coefficient (Wildman–Crippen LogP) is 0.705. The minimum absolute atomic E-state index is 0.0262. The molecular formula is C23H30N6O3. The Hall–Kier alpha value is -3.04. The molecule has 0 radical (unpaired) electrons. The summed E-state index contributed by atoms with van der Waals surface area (Å²) in [6.07, 6.45) is 3.29. The van der Waals surface area contributed by atoms with Crippen molar-refractivity contribution in [1.29, 1.82) is 0 Å². The molecule has 0 spiro atoms. The highest BCUT2D eigenvalue weighted by Gasteiger charge is 2.30. The summed E-state index contributed by atoms with van der Waals surface area (Å²) < 4.78 is 0. The van der Waals surface area contributed by atoms with Crippen LogP contribution in [-0.4, -0.2) is 69.6 Å². The van der Waals surface area contributed by atoms with Crippen molar-refractivity contribution in [3.63, 3.8) is 0 Å². The molecule has 1 aromatic carbocycles. The molecule has 9 heteroatoms. The van der Waals surface area contributed by atoms with E-state index >= 15 is 0 Å². The maximum atomic E-state index is 12.5. The summed E-state index contributed by atoms with van der Waals surface area (Å²) in [5, 5.41) is 19.3. The summed E-state index contributed by atoms with van der Waals surface area (Å²) in [5.74, 6) is 0.203. The molecule has 1 unspecified atom stereocenters. The van der Waals surface area contributed by atoms with Crippen LogP contribution in [0.4, 0.5) is 5.82 Å². The summed E-state index contributed by atoms with van der Waals surface area (Å²) in [7, 11) is 0. The number of nitrogens with zero attached hydrogens (tertiary/aromatic N) is 3. The van der Waals surface area contributed by atoms with Gasteiger partial charge in [-0.15, -0.1) is 0 Å². The smallest absolute Gasteiger partial charge is 0.270 e. The van der Waals surface area contributed by atoms with Crippen LogP contribution in [0.2, 0.25) is 0 Å². The standard InChI is InChI=1S/C23H30N6O3/c1-15(30)27-18-8-19(9-18)28-22-10-21(25-14-26-22)23(32)24-11-20(31)13-29-7-6-16-4-2-3-5-17(16)12-29/h2-5,10,14,18-20,31H,6-9,11-13H2,1H3,(H,24,32)(H,27,30)(H,25,26,28). The van der Waals surface area contributed by atoms with Crippen LogP contribution < -0.4 is 16.0 Å². The first-order valence-electron chi connectivity index (χ1n) is 11.1. The summed E-state index contributed by atoms with van der Waals surface area (Å²) in [6, 6.07) is 10.4. The fourth-order valence-corrected chi connectivity index (χ4v) is 4.28. The van der Waals surface area contributed by atoms with Crippen molar-refractivity contribution in [2.24, 2.45) is 0 Å². The number of nitrogens with one attached hydrogen (secondary N) is 3. The van der Waals surface area contributed by atoms with Gasteiger partial charge in [0, 0.05) is 51.3 Å². The number of carbonyl (C=O) groups excluding carboxylic acids is 2. The molecule has 9 nitrogen and oxygen atoms in total. The fourth-order valence-electron chi connectivity index (χ4n) is 4.28. The maximum absolute atomic E-state index is 12.5. The van der Waals surface area contributed by atoms with Crippen molar-refractivity contribution in [2.45, 2.75) is 50.9 Å². The van der Waals surface area contributed by atoms with E-state index in [1.807, 2.05) is 6.07 Å². The molecule has 170 valence electrons. The maximum Gasteiger partial charge on any atom is 0.270 e. The monoisotopic (exact) mass is 438 g/mol. The van der Waals surface area contributed by atoms with Crippen molar-refractivity contribution in [1.82, 2.24) is 25.5 Å². The van der Waals surface area contributed by atoms with Gasteiger partial charge in [-0.3, -0.25) is 14.5 Å². The number of amides is 2. The number of hydrogen-bond donors (Lipinski definition) is 4. The molecule has 2 heterocycles. The average molecular weight is 439 g/mol. The van der Waals surface area contributed by atoms with E-state index in [0.717, 1.165) is 32.4 Å². The number of β-amino-alcohol motifs (C(OH)–C–C–N with tert-alkyl or cyclic N) is 1. The number of fused-ring (bicyclic) bond motifs is 1. The largest absolute Gasteiger partial charge is 0.390 e. The fraction of sp³-hybridized carbons (Fsp3) is 0.478. The van der Waals surface area contributed by atoms with Gasteiger partial charge in [0.2, 0.25) is 5.91 Å². The second-order valence-electron chi connectivity index (χ2n) is 8.62. The molecule has 4 N–H and O–H groups in total. The van der Waals surface area contributed by atoms with Crippen LogP contribution in [0.1, 0.15) is 41.4 Å². The zero-order valence-electron chi connectivity index (χ0n) is 18.3. The third-order valence-electron chi connectivity index (χ3n) is 5.97. The summed E-state index contributed by atoms with van der Waals surface area (Å²) in [5.41, 5.74) is 2.91. The van der Waals surface area contributed by atoms with Gasteiger partial charge < -0.3 is 21.1 Å². The zero-order valence-corrected chi connectivity index (χ0v) is 18.3. The lowest BCUT2D eigenvalue weighted by Crippen LogP contribution is -2.49. The van der Waals surface area contributed by atoms with Gasteiger partial charge in [0.15, 0.2) is 0 Å². The molecule has 2 amide bonds. The van der Waals surface area contributed by atoms with E-state index in [4.69, 9.17) is 0 Å². The van der Waals surface area contributed by atoms with Gasteiger partial charge in [0.1, 0.15) is 17.8 Å². The highest BCUT2D eigenvalue weighted by molar-refractivity contribution is 5.92. The number of benzene rings is 1. The highest BCUT2D eigenvalue weighted by atomic mass is 16.3. The van der Waals surface area contributed by atoms with Gasteiger partial charge >= 0.3 is 0 Å². The summed E-state index contributed by atoms with van der Waals surface area (Å²) in [6.45, 7) is 3.88. The van der Waals surface area contributed by atoms with E-state index in [0.29, 0.717) is 12.4 Å². The first kappa shape index (κ1) is 22.2. The van der Waals surface area contributed by atoms with E-state index in [1.54, 1.807) is 6.07 Å². The quantitative estimate of drug-likeness (QED) is 0.479. The molecule has 1 atom stereocenters. The minimum Gasteiger partial charge on any atom is -0.390 e. The van der Waals surface area contributed by atoms with Crippen molar-refractivity contribution in [3.05, 3.63) is 53.5 Å². The van der Waals surface area contributed by atoms with Crippen LogP contribution in [0.15, 0.2) is 36.7 Å². The zero-order chi connectivity index (χ0) is 22.5. The van der Waals surface area contributed by atoms with Gasteiger partial charge in [0.05, 0.1) is 6.10 Å². The predicted molar refractivity (Wildman–Crippen MR) is 120 cm³/mol. The molecule has 1 aliphatic carbocycles. The van der Waals surface area contributed by atoms with Gasteiger partial charge in [-0.25, -0.2) is 9.97 Å². The third kappa shape index (κ3) is 5.80.